The average Bonchev–Trinajstić information content (AvgIpc) is 2.75. The molecule has 23 heavy (non-hydrogen) atoms. The van der Waals surface area contributed by atoms with E-state index in [1.165, 1.54) is 0 Å². The van der Waals surface area contributed by atoms with Crippen LogP contribution < -0.4 is 4.72 Å². The summed E-state index contributed by atoms with van der Waals surface area (Å²) in [6, 6.07) is 8.42. The van der Waals surface area contributed by atoms with E-state index in [0.29, 0.717) is 11.4 Å². The van der Waals surface area contributed by atoms with Gasteiger partial charge in [0.15, 0.2) is 11.6 Å². The number of hydrogen-bond donors (Lipinski definition) is 2. The number of nitrogens with zero attached hydrogens (tertiary/aromatic N) is 1. The molecule has 7 heteroatoms. The van der Waals surface area contributed by atoms with Crippen molar-refractivity contribution in [3.05, 3.63) is 47.2 Å². The maximum absolute atomic E-state index is 12.3. The number of fused-ring (bicyclic) bond motifs is 1. The van der Waals surface area contributed by atoms with Gasteiger partial charge in [-0.25, -0.2) is 8.42 Å². The van der Waals surface area contributed by atoms with Gasteiger partial charge in [-0.1, -0.05) is 36.8 Å². The highest BCUT2D eigenvalue weighted by atomic mass is 32.2. The first-order valence-electron chi connectivity index (χ1n) is 7.70. The summed E-state index contributed by atoms with van der Waals surface area (Å²) >= 11 is 0. The Balaban J connectivity index is 1.74. The second-order valence-electron chi connectivity index (χ2n) is 5.74. The number of anilines is 1. The summed E-state index contributed by atoms with van der Waals surface area (Å²) in [5, 5.41) is 6.99. The molecule has 0 radical (unpaired) electrons. The fourth-order valence-electron chi connectivity index (χ4n) is 2.81. The van der Waals surface area contributed by atoms with E-state index in [1.54, 1.807) is 30.3 Å². The molecule has 0 unspecified atom stereocenters. The zero-order chi connectivity index (χ0) is 16.3. The number of ketones is 1. The van der Waals surface area contributed by atoms with Crippen LogP contribution in [0.1, 0.15) is 40.9 Å². The third-order valence-corrected chi connectivity index (χ3v) is 5.12. The second-order valence-corrected chi connectivity index (χ2v) is 7.46. The highest BCUT2D eigenvalue weighted by molar-refractivity contribution is 7.93. The van der Waals surface area contributed by atoms with E-state index in [4.69, 9.17) is 0 Å². The van der Waals surface area contributed by atoms with E-state index in [2.05, 4.69) is 14.9 Å². The molecule has 1 heterocycles. The van der Waals surface area contributed by atoms with E-state index in [9.17, 15) is 13.2 Å². The number of hydrogen-bond acceptors (Lipinski definition) is 4. The van der Waals surface area contributed by atoms with E-state index in [0.717, 1.165) is 43.4 Å². The first kappa shape index (κ1) is 15.7. The highest BCUT2D eigenvalue weighted by Gasteiger charge is 2.22. The number of aromatic amines is 1. The molecule has 0 atom stereocenters. The van der Waals surface area contributed by atoms with Gasteiger partial charge in [-0.2, -0.15) is 5.10 Å². The van der Waals surface area contributed by atoms with Gasteiger partial charge in [0.2, 0.25) is 10.0 Å². The number of rotatable bonds is 5. The van der Waals surface area contributed by atoms with Crippen molar-refractivity contribution in [1.82, 2.24) is 10.2 Å². The molecule has 1 aliphatic carbocycles. The standard InChI is InChI=1S/C16H19N3O3S/c20-15(12-7-3-1-4-8-12)11-23(21,22)19-16-13-9-5-2-6-10-14(13)17-18-16/h1,3-4,7-8H,2,5-6,9-11H2,(H2,17,18,19). The quantitative estimate of drug-likeness (QED) is 0.649. The Morgan fingerprint density at radius 1 is 1.13 bits per heavy atom. The fourth-order valence-corrected chi connectivity index (χ4v) is 3.85. The number of H-pyrrole nitrogens is 1. The van der Waals surface area contributed by atoms with Gasteiger partial charge in [0.05, 0.1) is 0 Å². The van der Waals surface area contributed by atoms with Crippen LogP contribution in [-0.4, -0.2) is 30.2 Å². The van der Waals surface area contributed by atoms with E-state index in [1.807, 2.05) is 0 Å². The van der Waals surface area contributed by atoms with Crippen molar-refractivity contribution in [3.63, 3.8) is 0 Å². The van der Waals surface area contributed by atoms with Gasteiger partial charge in [0, 0.05) is 16.8 Å². The summed E-state index contributed by atoms with van der Waals surface area (Å²) in [7, 11) is -3.78. The molecule has 122 valence electrons. The Kier molecular flexibility index (Phi) is 4.47. The molecule has 0 fully saturated rings. The lowest BCUT2D eigenvalue weighted by Crippen LogP contribution is -2.23. The maximum atomic E-state index is 12.3. The Morgan fingerprint density at radius 2 is 1.87 bits per heavy atom. The predicted molar refractivity (Wildman–Crippen MR) is 88.0 cm³/mol. The maximum Gasteiger partial charge on any atom is 0.241 e. The Morgan fingerprint density at radius 3 is 2.65 bits per heavy atom. The van der Waals surface area contributed by atoms with Crippen molar-refractivity contribution in [2.45, 2.75) is 32.1 Å². The summed E-state index contributed by atoms with van der Waals surface area (Å²) in [4.78, 5) is 12.1. The predicted octanol–water partition coefficient (Wildman–Crippen LogP) is 2.30. The molecule has 2 N–H and O–H groups in total. The SMILES string of the molecule is O=C(CS(=O)(=O)Nc1n[nH]c2c1CCCCC2)c1ccccc1. The molecule has 0 saturated carbocycles. The number of sulfonamides is 1. The first-order chi connectivity index (χ1) is 11.1. The summed E-state index contributed by atoms with van der Waals surface area (Å²) in [5.41, 5.74) is 2.31. The average molecular weight is 333 g/mol. The van der Waals surface area contributed by atoms with Crippen LogP contribution >= 0.6 is 0 Å². The van der Waals surface area contributed by atoms with Gasteiger partial charge >= 0.3 is 0 Å². The molecular formula is C16H19N3O3S. The molecule has 0 spiro atoms. The fraction of sp³-hybridized carbons (Fsp3) is 0.375. The number of aromatic nitrogens is 2. The Labute approximate surface area is 135 Å². The minimum absolute atomic E-state index is 0.336. The van der Waals surface area contributed by atoms with Crippen molar-refractivity contribution in [2.24, 2.45) is 0 Å². The number of carbonyl (C=O) groups is 1. The van der Waals surface area contributed by atoms with Gasteiger partial charge in [0.25, 0.3) is 0 Å². The van der Waals surface area contributed by atoms with Crippen molar-refractivity contribution in [2.75, 3.05) is 10.5 Å². The van der Waals surface area contributed by atoms with Crippen LogP contribution in [0.3, 0.4) is 0 Å². The van der Waals surface area contributed by atoms with Crippen LogP contribution in [0.2, 0.25) is 0 Å². The van der Waals surface area contributed by atoms with Crippen molar-refractivity contribution >= 4 is 21.6 Å². The molecule has 1 aromatic carbocycles. The molecule has 1 aliphatic rings. The van der Waals surface area contributed by atoms with Crippen LogP contribution in [0.4, 0.5) is 5.82 Å². The lowest BCUT2D eigenvalue weighted by Gasteiger charge is -2.07. The van der Waals surface area contributed by atoms with E-state index < -0.39 is 21.6 Å². The van der Waals surface area contributed by atoms with E-state index in [-0.39, 0.29) is 0 Å². The van der Waals surface area contributed by atoms with Crippen molar-refractivity contribution < 1.29 is 13.2 Å². The lowest BCUT2D eigenvalue weighted by atomic mass is 10.1. The summed E-state index contributed by atoms with van der Waals surface area (Å²) in [6.45, 7) is 0. The van der Waals surface area contributed by atoms with Crippen molar-refractivity contribution in [3.8, 4) is 0 Å². The molecular weight excluding hydrogens is 314 g/mol. The van der Waals surface area contributed by atoms with Crippen LogP contribution in [0.25, 0.3) is 0 Å². The normalized spacial score (nSPS) is 14.8. The van der Waals surface area contributed by atoms with Gasteiger partial charge in [-0.3, -0.25) is 14.6 Å². The molecule has 0 saturated heterocycles. The molecule has 0 bridgehead atoms. The first-order valence-corrected chi connectivity index (χ1v) is 9.35. The molecule has 3 rings (SSSR count). The van der Waals surface area contributed by atoms with Gasteiger partial charge in [-0.05, 0) is 25.7 Å². The molecule has 2 aromatic rings. The number of carbonyl (C=O) groups excluding carboxylic acids is 1. The monoisotopic (exact) mass is 333 g/mol. The Bertz CT molecular complexity index is 797. The van der Waals surface area contributed by atoms with Crippen LogP contribution in [-0.2, 0) is 22.9 Å². The highest BCUT2D eigenvalue weighted by Crippen LogP contribution is 2.25. The topological polar surface area (TPSA) is 91.9 Å². The molecule has 1 aromatic heterocycles. The number of Topliss-reactive ketones (excluding diaryl/α,β-unsaturated/α-hetero) is 1. The number of aryl methyl sites for hydroxylation is 1. The third-order valence-electron chi connectivity index (χ3n) is 3.98. The third kappa shape index (κ3) is 3.79. The van der Waals surface area contributed by atoms with Gasteiger partial charge in [-0.15, -0.1) is 0 Å². The van der Waals surface area contributed by atoms with Gasteiger partial charge < -0.3 is 0 Å². The molecule has 0 amide bonds. The zero-order valence-electron chi connectivity index (χ0n) is 12.7. The minimum atomic E-state index is -3.78. The lowest BCUT2D eigenvalue weighted by molar-refractivity contribution is 0.102. The van der Waals surface area contributed by atoms with Crippen LogP contribution in [0.15, 0.2) is 30.3 Å². The smallest absolute Gasteiger partial charge is 0.241 e. The Hall–Kier alpha value is -2.15. The summed E-state index contributed by atoms with van der Waals surface area (Å²) in [6.07, 6.45) is 4.91. The minimum Gasteiger partial charge on any atom is -0.293 e. The second kappa shape index (κ2) is 6.54. The molecule has 0 aliphatic heterocycles. The zero-order valence-corrected chi connectivity index (χ0v) is 13.5. The number of benzene rings is 1. The summed E-state index contributed by atoms with van der Waals surface area (Å²) in [5.74, 6) is -0.680. The number of nitrogens with one attached hydrogen (secondary N) is 2. The van der Waals surface area contributed by atoms with E-state index >= 15 is 0 Å². The van der Waals surface area contributed by atoms with Crippen LogP contribution in [0.5, 0.6) is 0 Å². The van der Waals surface area contributed by atoms with Crippen LogP contribution in [0, 0.1) is 0 Å². The van der Waals surface area contributed by atoms with Gasteiger partial charge in [0.1, 0.15) is 5.75 Å². The molecule has 6 nitrogen and oxygen atoms in total. The largest absolute Gasteiger partial charge is 0.293 e. The van der Waals surface area contributed by atoms with Crippen molar-refractivity contribution in [1.29, 1.82) is 0 Å². The summed E-state index contributed by atoms with van der Waals surface area (Å²) < 4.78 is 27.0.